The number of benzene rings is 1. The molecule has 2 N–H and O–H groups in total. The summed E-state index contributed by atoms with van der Waals surface area (Å²) >= 11 is 0. The highest BCUT2D eigenvalue weighted by molar-refractivity contribution is 5.89. The normalized spacial score (nSPS) is 20.0. The Labute approximate surface area is 187 Å². The third kappa shape index (κ3) is 3.43. The lowest BCUT2D eigenvalue weighted by Gasteiger charge is -2.33. The molecule has 6 rings (SSSR count). The summed E-state index contributed by atoms with van der Waals surface area (Å²) in [6.07, 6.45) is 3.64. The van der Waals surface area contributed by atoms with Gasteiger partial charge in [-0.15, -0.1) is 0 Å². The van der Waals surface area contributed by atoms with Gasteiger partial charge in [0.05, 0.1) is 24.1 Å². The Morgan fingerprint density at radius 1 is 1.15 bits per heavy atom. The zero-order valence-corrected chi connectivity index (χ0v) is 17.6. The number of hydrogen-bond acceptors (Lipinski definition) is 7. The second kappa shape index (κ2) is 7.66. The first-order valence-electron chi connectivity index (χ1n) is 10.9. The minimum atomic E-state index is -0.445. The number of H-pyrrole nitrogens is 1. The number of fused-ring (bicyclic) bond motifs is 3. The molecule has 9 nitrogen and oxygen atoms in total. The summed E-state index contributed by atoms with van der Waals surface area (Å²) in [6, 6.07) is 10.0. The van der Waals surface area contributed by atoms with Crippen LogP contribution in [0.3, 0.4) is 0 Å². The summed E-state index contributed by atoms with van der Waals surface area (Å²) in [6.45, 7) is 1.24. The maximum Gasteiger partial charge on any atom is 0.278 e. The Morgan fingerprint density at radius 2 is 1.94 bits per heavy atom. The van der Waals surface area contributed by atoms with E-state index in [1.54, 1.807) is 41.2 Å². The lowest BCUT2D eigenvalue weighted by molar-refractivity contribution is 0.0302. The van der Waals surface area contributed by atoms with Gasteiger partial charge in [-0.05, 0) is 31.0 Å². The highest BCUT2D eigenvalue weighted by Crippen LogP contribution is 2.32. The van der Waals surface area contributed by atoms with Crippen molar-refractivity contribution in [1.29, 1.82) is 0 Å². The second-order valence-corrected chi connectivity index (χ2v) is 8.42. The fraction of sp³-hybridized carbons (Fsp3) is 0.304. The number of aromatic amines is 1. The predicted molar refractivity (Wildman–Crippen MR) is 119 cm³/mol. The van der Waals surface area contributed by atoms with Gasteiger partial charge < -0.3 is 19.7 Å². The van der Waals surface area contributed by atoms with Gasteiger partial charge >= 0.3 is 0 Å². The Hall–Kier alpha value is -3.79. The van der Waals surface area contributed by atoms with Gasteiger partial charge in [-0.25, -0.2) is 14.1 Å². The molecule has 2 aliphatic rings. The Kier molecular flexibility index (Phi) is 4.61. The Morgan fingerprint density at radius 3 is 2.70 bits per heavy atom. The monoisotopic (exact) mass is 448 g/mol. The highest BCUT2D eigenvalue weighted by atomic mass is 19.1. The van der Waals surface area contributed by atoms with Crippen LogP contribution < -0.4 is 10.5 Å². The van der Waals surface area contributed by atoms with E-state index in [4.69, 9.17) is 4.74 Å². The summed E-state index contributed by atoms with van der Waals surface area (Å²) < 4.78 is 21.6. The molecule has 2 saturated heterocycles. The maximum atomic E-state index is 14.2. The fourth-order valence-electron chi connectivity index (χ4n) is 4.73. The molecule has 2 fully saturated rings. The van der Waals surface area contributed by atoms with E-state index >= 15 is 0 Å². The Balaban J connectivity index is 1.41. The molecule has 3 aromatic heterocycles. The second-order valence-electron chi connectivity index (χ2n) is 8.42. The van der Waals surface area contributed by atoms with Crippen LogP contribution in [-0.4, -0.2) is 55.1 Å². The van der Waals surface area contributed by atoms with Gasteiger partial charge in [-0.1, -0.05) is 18.2 Å². The van der Waals surface area contributed by atoms with E-state index in [2.05, 4.69) is 20.1 Å². The number of anilines is 1. The minimum absolute atomic E-state index is 0.0614. The third-order valence-electron chi connectivity index (χ3n) is 6.25. The first-order valence-corrected chi connectivity index (χ1v) is 10.9. The van der Waals surface area contributed by atoms with Gasteiger partial charge in [0.25, 0.3) is 5.56 Å². The van der Waals surface area contributed by atoms with E-state index in [1.807, 2.05) is 4.90 Å². The van der Waals surface area contributed by atoms with E-state index in [0.29, 0.717) is 35.4 Å². The van der Waals surface area contributed by atoms with Crippen molar-refractivity contribution in [2.24, 2.45) is 0 Å². The number of nitrogens with zero attached hydrogens (tertiary/aromatic N) is 5. The number of aromatic hydroxyl groups is 1. The van der Waals surface area contributed by atoms with Crippen molar-refractivity contribution in [3.05, 3.63) is 64.3 Å². The van der Waals surface area contributed by atoms with E-state index in [0.717, 1.165) is 12.8 Å². The SMILES string of the molecule is O=c1[nH]c(-c2nn(Cc3ccccc3F)c3ncccc23)nc(O)c1N1CC2CCC(C1)O2. The van der Waals surface area contributed by atoms with Crippen molar-refractivity contribution >= 4 is 16.7 Å². The Bertz CT molecular complexity index is 1410. The molecule has 0 aliphatic carbocycles. The van der Waals surface area contributed by atoms with E-state index in [-0.39, 0.29) is 42.0 Å². The van der Waals surface area contributed by atoms with Crippen LogP contribution in [0.1, 0.15) is 18.4 Å². The molecule has 0 saturated carbocycles. The minimum Gasteiger partial charge on any atom is -0.492 e. The summed E-state index contributed by atoms with van der Waals surface area (Å²) in [7, 11) is 0. The summed E-state index contributed by atoms with van der Waals surface area (Å²) in [4.78, 5) is 26.3. The molecule has 4 aromatic rings. The number of aromatic nitrogens is 5. The first kappa shape index (κ1) is 19.9. The van der Waals surface area contributed by atoms with Crippen molar-refractivity contribution in [3.63, 3.8) is 0 Å². The van der Waals surface area contributed by atoms with Gasteiger partial charge in [0.1, 0.15) is 11.5 Å². The molecule has 10 heteroatoms. The van der Waals surface area contributed by atoms with Crippen molar-refractivity contribution < 1.29 is 14.2 Å². The average Bonchev–Trinajstić information content (AvgIpc) is 3.34. The van der Waals surface area contributed by atoms with Gasteiger partial charge in [0, 0.05) is 24.8 Å². The molecule has 2 aliphatic heterocycles. The molecule has 2 bridgehead atoms. The number of ether oxygens (including phenoxy) is 1. The molecule has 5 heterocycles. The topological polar surface area (TPSA) is 109 Å². The largest absolute Gasteiger partial charge is 0.492 e. The van der Waals surface area contributed by atoms with Crippen LogP contribution in [0.4, 0.5) is 10.1 Å². The summed E-state index contributed by atoms with van der Waals surface area (Å²) in [5.41, 5.74) is 1.04. The van der Waals surface area contributed by atoms with Crippen LogP contribution in [0.25, 0.3) is 22.6 Å². The van der Waals surface area contributed by atoms with Crippen molar-refractivity contribution in [2.75, 3.05) is 18.0 Å². The zero-order chi connectivity index (χ0) is 22.5. The van der Waals surface area contributed by atoms with Crippen LogP contribution in [0, 0.1) is 5.82 Å². The molecule has 168 valence electrons. The van der Waals surface area contributed by atoms with Crippen LogP contribution >= 0.6 is 0 Å². The maximum absolute atomic E-state index is 14.2. The number of halogens is 1. The standard InChI is InChI=1S/C23H21FN6O3/c24-17-6-2-1-4-13(17)10-30-21-16(5-3-9-25-21)18(28-30)20-26-22(31)19(23(32)27-20)29-11-14-7-8-15(12-29)33-14/h1-6,9,14-15H,7-8,10-12H2,(H2,26,27,31,32). The molecule has 0 amide bonds. The average molecular weight is 448 g/mol. The molecule has 1 aromatic carbocycles. The van der Waals surface area contributed by atoms with E-state index in [9.17, 15) is 14.3 Å². The lowest BCUT2D eigenvalue weighted by atomic mass is 10.2. The van der Waals surface area contributed by atoms with Crippen LogP contribution in [0.15, 0.2) is 47.4 Å². The molecule has 0 radical (unpaired) electrons. The molecular weight excluding hydrogens is 427 g/mol. The van der Waals surface area contributed by atoms with E-state index < -0.39 is 5.56 Å². The number of pyridine rings is 1. The third-order valence-corrected chi connectivity index (χ3v) is 6.25. The summed E-state index contributed by atoms with van der Waals surface area (Å²) in [5.74, 6) is -0.565. The molecule has 33 heavy (non-hydrogen) atoms. The quantitative estimate of drug-likeness (QED) is 0.494. The van der Waals surface area contributed by atoms with Crippen LogP contribution in [0.5, 0.6) is 5.88 Å². The number of nitrogens with one attached hydrogen (secondary N) is 1. The number of morpholine rings is 1. The summed E-state index contributed by atoms with van der Waals surface area (Å²) in [5, 5.41) is 15.9. The molecule has 2 atom stereocenters. The number of hydrogen-bond donors (Lipinski definition) is 2. The van der Waals surface area contributed by atoms with Gasteiger partial charge in [0.2, 0.25) is 5.88 Å². The van der Waals surface area contributed by atoms with Gasteiger partial charge in [-0.2, -0.15) is 10.1 Å². The molecule has 0 spiro atoms. The smallest absolute Gasteiger partial charge is 0.278 e. The van der Waals surface area contributed by atoms with Crippen molar-refractivity contribution in [2.45, 2.75) is 31.6 Å². The molecule has 2 unspecified atom stereocenters. The zero-order valence-electron chi connectivity index (χ0n) is 17.6. The highest BCUT2D eigenvalue weighted by Gasteiger charge is 2.36. The van der Waals surface area contributed by atoms with Crippen molar-refractivity contribution in [1.82, 2.24) is 24.7 Å². The van der Waals surface area contributed by atoms with Gasteiger partial charge in [0.15, 0.2) is 17.2 Å². The van der Waals surface area contributed by atoms with Crippen LogP contribution in [0.2, 0.25) is 0 Å². The predicted octanol–water partition coefficient (Wildman–Crippen LogP) is 2.44. The molecular formula is C23H21FN6O3. The van der Waals surface area contributed by atoms with Gasteiger partial charge in [-0.3, -0.25) is 4.79 Å². The van der Waals surface area contributed by atoms with Crippen LogP contribution in [-0.2, 0) is 11.3 Å². The van der Waals surface area contributed by atoms with E-state index in [1.165, 1.54) is 6.07 Å². The first-order chi connectivity index (χ1) is 16.1. The van der Waals surface area contributed by atoms with Crippen molar-refractivity contribution in [3.8, 4) is 17.4 Å². The lowest BCUT2D eigenvalue weighted by Crippen LogP contribution is -2.44. The number of rotatable bonds is 4. The fourth-order valence-corrected chi connectivity index (χ4v) is 4.73.